The molecule has 1 fully saturated rings. The SMILES string of the molecule is CCN(CC)C(=O)C1CCC(N)C(C)C1(C)C. The van der Waals surface area contributed by atoms with Crippen molar-refractivity contribution >= 4 is 5.91 Å². The Kier molecular flexibility index (Phi) is 4.59. The van der Waals surface area contributed by atoms with Gasteiger partial charge in [-0.1, -0.05) is 20.8 Å². The summed E-state index contributed by atoms with van der Waals surface area (Å²) in [6.45, 7) is 12.3. The third-order valence-electron chi connectivity index (χ3n) is 4.88. The number of nitrogens with zero attached hydrogens (tertiary/aromatic N) is 1. The van der Waals surface area contributed by atoms with E-state index in [1.165, 1.54) is 0 Å². The van der Waals surface area contributed by atoms with Crippen molar-refractivity contribution in [1.29, 1.82) is 0 Å². The molecule has 0 heterocycles. The van der Waals surface area contributed by atoms with Crippen molar-refractivity contribution in [2.24, 2.45) is 23.0 Å². The molecule has 3 heteroatoms. The van der Waals surface area contributed by atoms with Gasteiger partial charge in [-0.2, -0.15) is 0 Å². The third-order valence-corrected chi connectivity index (χ3v) is 4.88. The van der Waals surface area contributed by atoms with Crippen LogP contribution >= 0.6 is 0 Å². The normalized spacial score (nSPS) is 32.2. The summed E-state index contributed by atoms with van der Waals surface area (Å²) in [6.07, 6.45) is 1.91. The largest absolute Gasteiger partial charge is 0.343 e. The molecule has 0 bridgehead atoms. The topological polar surface area (TPSA) is 46.3 Å². The molecule has 3 atom stereocenters. The van der Waals surface area contributed by atoms with Crippen LogP contribution in [-0.2, 0) is 4.79 Å². The predicted molar refractivity (Wildman–Crippen MR) is 71.6 cm³/mol. The number of nitrogens with two attached hydrogens (primary N) is 1. The second-order valence-electron chi connectivity index (χ2n) is 5.91. The summed E-state index contributed by atoms with van der Waals surface area (Å²) in [5.41, 5.74) is 6.14. The molecule has 0 aromatic heterocycles. The van der Waals surface area contributed by atoms with Gasteiger partial charge in [0, 0.05) is 25.0 Å². The van der Waals surface area contributed by atoms with Gasteiger partial charge in [-0.25, -0.2) is 0 Å². The zero-order valence-corrected chi connectivity index (χ0v) is 12.0. The van der Waals surface area contributed by atoms with Crippen molar-refractivity contribution < 1.29 is 4.79 Å². The average molecular weight is 240 g/mol. The first-order chi connectivity index (χ1) is 7.86. The van der Waals surface area contributed by atoms with Crippen LogP contribution in [-0.4, -0.2) is 29.9 Å². The molecular weight excluding hydrogens is 212 g/mol. The summed E-state index contributed by atoms with van der Waals surface area (Å²) in [6, 6.07) is 0.241. The second kappa shape index (κ2) is 5.38. The molecule has 0 aromatic carbocycles. The van der Waals surface area contributed by atoms with Crippen LogP contribution < -0.4 is 5.73 Å². The van der Waals surface area contributed by atoms with E-state index < -0.39 is 0 Å². The molecule has 1 rings (SSSR count). The fraction of sp³-hybridized carbons (Fsp3) is 0.929. The molecule has 0 radical (unpaired) electrons. The van der Waals surface area contributed by atoms with Gasteiger partial charge in [-0.3, -0.25) is 4.79 Å². The maximum absolute atomic E-state index is 12.5. The van der Waals surface area contributed by atoms with Gasteiger partial charge in [0.1, 0.15) is 0 Å². The fourth-order valence-electron chi connectivity index (χ4n) is 3.05. The Balaban J connectivity index is 2.87. The van der Waals surface area contributed by atoms with Crippen LogP contribution in [0.2, 0.25) is 0 Å². The zero-order valence-electron chi connectivity index (χ0n) is 12.0. The van der Waals surface area contributed by atoms with Gasteiger partial charge < -0.3 is 10.6 Å². The molecule has 17 heavy (non-hydrogen) atoms. The van der Waals surface area contributed by atoms with Crippen molar-refractivity contribution in [2.45, 2.75) is 53.5 Å². The Bertz CT molecular complexity index is 271. The van der Waals surface area contributed by atoms with Crippen LogP contribution in [0.25, 0.3) is 0 Å². The highest BCUT2D eigenvalue weighted by Crippen LogP contribution is 2.45. The van der Waals surface area contributed by atoms with Gasteiger partial charge in [0.25, 0.3) is 0 Å². The first-order valence-electron chi connectivity index (χ1n) is 6.90. The lowest BCUT2D eigenvalue weighted by molar-refractivity contribution is -0.143. The molecule has 1 aliphatic carbocycles. The van der Waals surface area contributed by atoms with Crippen molar-refractivity contribution in [3.8, 4) is 0 Å². The fourth-order valence-corrected chi connectivity index (χ4v) is 3.05. The summed E-state index contributed by atoms with van der Waals surface area (Å²) in [5, 5.41) is 0. The molecule has 1 saturated carbocycles. The van der Waals surface area contributed by atoms with Gasteiger partial charge in [0.05, 0.1) is 0 Å². The van der Waals surface area contributed by atoms with Gasteiger partial charge in [-0.15, -0.1) is 0 Å². The molecule has 0 spiro atoms. The maximum Gasteiger partial charge on any atom is 0.226 e. The van der Waals surface area contributed by atoms with Gasteiger partial charge in [-0.05, 0) is 38.0 Å². The maximum atomic E-state index is 12.5. The lowest BCUT2D eigenvalue weighted by Crippen LogP contribution is -2.52. The van der Waals surface area contributed by atoms with E-state index in [4.69, 9.17) is 5.73 Å². The molecule has 1 aliphatic rings. The monoisotopic (exact) mass is 240 g/mol. The quantitative estimate of drug-likeness (QED) is 0.822. The zero-order chi connectivity index (χ0) is 13.2. The van der Waals surface area contributed by atoms with E-state index in [1.54, 1.807) is 0 Å². The number of hydrogen-bond acceptors (Lipinski definition) is 2. The molecule has 3 nitrogen and oxygen atoms in total. The second-order valence-corrected chi connectivity index (χ2v) is 5.91. The lowest BCUT2D eigenvalue weighted by Gasteiger charge is -2.47. The highest BCUT2D eigenvalue weighted by atomic mass is 16.2. The van der Waals surface area contributed by atoms with E-state index in [0.717, 1.165) is 25.9 Å². The van der Waals surface area contributed by atoms with Crippen LogP contribution in [0.1, 0.15) is 47.5 Å². The van der Waals surface area contributed by atoms with Crippen molar-refractivity contribution in [1.82, 2.24) is 4.90 Å². The average Bonchev–Trinajstić information content (AvgIpc) is 2.27. The van der Waals surface area contributed by atoms with E-state index >= 15 is 0 Å². The van der Waals surface area contributed by atoms with Crippen LogP contribution in [0, 0.1) is 17.3 Å². The standard InChI is InChI=1S/C14H28N2O/c1-6-16(7-2)13(17)11-8-9-12(15)10(3)14(11,4)5/h10-12H,6-9,15H2,1-5H3. The molecule has 100 valence electrons. The summed E-state index contributed by atoms with van der Waals surface area (Å²) in [4.78, 5) is 14.5. The molecule has 3 unspecified atom stereocenters. The predicted octanol–water partition coefficient (Wildman–Crippen LogP) is 2.25. The molecular formula is C14H28N2O. The van der Waals surface area contributed by atoms with Crippen LogP contribution in [0.4, 0.5) is 0 Å². The van der Waals surface area contributed by atoms with Crippen molar-refractivity contribution in [2.75, 3.05) is 13.1 Å². The third kappa shape index (κ3) is 2.65. The molecule has 0 aromatic rings. The van der Waals surface area contributed by atoms with Crippen molar-refractivity contribution in [3.63, 3.8) is 0 Å². The molecule has 0 saturated heterocycles. The van der Waals surface area contributed by atoms with Gasteiger partial charge in [0.15, 0.2) is 0 Å². The van der Waals surface area contributed by atoms with Gasteiger partial charge >= 0.3 is 0 Å². The minimum absolute atomic E-state index is 0.0112. The summed E-state index contributed by atoms with van der Waals surface area (Å²) in [7, 11) is 0. The van der Waals surface area contributed by atoms with E-state index in [2.05, 4.69) is 20.8 Å². The van der Waals surface area contributed by atoms with Crippen molar-refractivity contribution in [3.05, 3.63) is 0 Å². The van der Waals surface area contributed by atoms with Crippen LogP contribution in [0.5, 0.6) is 0 Å². The number of amides is 1. The Hall–Kier alpha value is -0.570. The summed E-state index contributed by atoms with van der Waals surface area (Å²) in [5.74, 6) is 0.858. The Morgan fingerprint density at radius 1 is 1.29 bits per heavy atom. The molecule has 0 aliphatic heterocycles. The summed E-state index contributed by atoms with van der Waals surface area (Å²) >= 11 is 0. The number of carbonyl (C=O) groups is 1. The lowest BCUT2D eigenvalue weighted by atomic mass is 9.60. The Morgan fingerprint density at radius 3 is 2.29 bits per heavy atom. The van der Waals surface area contributed by atoms with Gasteiger partial charge in [0.2, 0.25) is 5.91 Å². The minimum atomic E-state index is 0.0112. The number of carbonyl (C=O) groups excluding carboxylic acids is 1. The first kappa shape index (κ1) is 14.5. The van der Waals surface area contributed by atoms with Crippen LogP contribution in [0.3, 0.4) is 0 Å². The Labute approximate surface area is 106 Å². The minimum Gasteiger partial charge on any atom is -0.343 e. The smallest absolute Gasteiger partial charge is 0.226 e. The van der Waals surface area contributed by atoms with E-state index in [-0.39, 0.29) is 17.4 Å². The van der Waals surface area contributed by atoms with Crippen LogP contribution in [0.15, 0.2) is 0 Å². The molecule has 2 N–H and O–H groups in total. The van der Waals surface area contributed by atoms with E-state index in [1.807, 2.05) is 18.7 Å². The number of hydrogen-bond donors (Lipinski definition) is 1. The van der Waals surface area contributed by atoms with E-state index in [0.29, 0.717) is 11.8 Å². The highest BCUT2D eigenvalue weighted by Gasteiger charge is 2.45. The highest BCUT2D eigenvalue weighted by molar-refractivity contribution is 5.79. The number of rotatable bonds is 3. The molecule has 1 amide bonds. The first-order valence-corrected chi connectivity index (χ1v) is 6.90. The summed E-state index contributed by atoms with van der Waals surface area (Å²) < 4.78 is 0. The van der Waals surface area contributed by atoms with E-state index in [9.17, 15) is 4.79 Å². The Morgan fingerprint density at radius 2 is 1.82 bits per heavy atom.